The predicted octanol–water partition coefficient (Wildman–Crippen LogP) is 3.43. The van der Waals surface area contributed by atoms with Crippen molar-refractivity contribution in [2.24, 2.45) is 0 Å². The van der Waals surface area contributed by atoms with Crippen molar-refractivity contribution < 1.29 is 0 Å². The van der Waals surface area contributed by atoms with Crippen molar-refractivity contribution in [3.8, 4) is 11.4 Å². The average molecular weight is 336 g/mol. The average Bonchev–Trinajstić information content (AvgIpc) is 3.18. The van der Waals surface area contributed by atoms with Gasteiger partial charge in [0.15, 0.2) is 5.82 Å². The standard InChI is InChI=1S/C14H18BrN5/c1-3-16-14-11(15)12(9-5-6-9)18-13(19-14)10-7-17-20(4-2)8-10/h7-9H,3-6H2,1-2H3,(H,16,18,19). The highest BCUT2D eigenvalue weighted by molar-refractivity contribution is 9.10. The van der Waals surface area contributed by atoms with Crippen LogP contribution in [0.25, 0.3) is 11.4 Å². The number of halogens is 1. The van der Waals surface area contributed by atoms with Gasteiger partial charge in [-0.2, -0.15) is 5.10 Å². The Hall–Kier alpha value is -1.43. The molecule has 1 fully saturated rings. The minimum absolute atomic E-state index is 0.574. The zero-order valence-electron chi connectivity index (χ0n) is 11.7. The van der Waals surface area contributed by atoms with Crippen molar-refractivity contribution in [1.82, 2.24) is 19.7 Å². The summed E-state index contributed by atoms with van der Waals surface area (Å²) in [7, 11) is 0. The second kappa shape index (κ2) is 5.52. The predicted molar refractivity (Wildman–Crippen MR) is 82.8 cm³/mol. The lowest BCUT2D eigenvalue weighted by molar-refractivity contribution is 0.660. The van der Waals surface area contributed by atoms with Gasteiger partial charge in [-0.05, 0) is 42.6 Å². The van der Waals surface area contributed by atoms with E-state index in [2.05, 4.69) is 45.2 Å². The third kappa shape index (κ3) is 2.57. The summed E-state index contributed by atoms with van der Waals surface area (Å²) in [5.74, 6) is 2.21. The quantitative estimate of drug-likeness (QED) is 0.909. The first kappa shape index (κ1) is 13.5. The number of hydrogen-bond acceptors (Lipinski definition) is 4. The number of aryl methyl sites for hydroxylation is 1. The molecule has 0 bridgehead atoms. The monoisotopic (exact) mass is 335 g/mol. The van der Waals surface area contributed by atoms with E-state index in [4.69, 9.17) is 4.98 Å². The van der Waals surface area contributed by atoms with Crippen molar-refractivity contribution in [2.75, 3.05) is 11.9 Å². The van der Waals surface area contributed by atoms with Gasteiger partial charge in [-0.3, -0.25) is 4.68 Å². The SMILES string of the molecule is CCNc1nc(-c2cnn(CC)c2)nc(C2CC2)c1Br. The van der Waals surface area contributed by atoms with Crippen LogP contribution in [0.1, 0.15) is 38.3 Å². The molecule has 1 aliphatic rings. The van der Waals surface area contributed by atoms with E-state index in [1.54, 1.807) is 0 Å². The molecular weight excluding hydrogens is 318 g/mol. The van der Waals surface area contributed by atoms with Crippen LogP contribution in [0.4, 0.5) is 5.82 Å². The lowest BCUT2D eigenvalue weighted by atomic mass is 10.2. The molecule has 106 valence electrons. The fraction of sp³-hybridized carbons (Fsp3) is 0.500. The molecule has 0 aromatic carbocycles. The van der Waals surface area contributed by atoms with E-state index in [0.29, 0.717) is 5.92 Å². The minimum Gasteiger partial charge on any atom is -0.369 e. The largest absolute Gasteiger partial charge is 0.369 e. The van der Waals surface area contributed by atoms with Gasteiger partial charge in [0.25, 0.3) is 0 Å². The Labute approximate surface area is 127 Å². The second-order valence-electron chi connectivity index (χ2n) is 4.98. The fourth-order valence-electron chi connectivity index (χ4n) is 2.16. The Morgan fingerprint density at radius 3 is 2.75 bits per heavy atom. The summed E-state index contributed by atoms with van der Waals surface area (Å²) in [6, 6.07) is 0. The number of rotatable bonds is 5. The van der Waals surface area contributed by atoms with Crippen LogP contribution in [0.3, 0.4) is 0 Å². The molecule has 5 nitrogen and oxygen atoms in total. The number of hydrogen-bond donors (Lipinski definition) is 1. The second-order valence-corrected chi connectivity index (χ2v) is 5.78. The molecule has 0 atom stereocenters. The molecule has 2 aromatic rings. The van der Waals surface area contributed by atoms with E-state index < -0.39 is 0 Å². The summed E-state index contributed by atoms with van der Waals surface area (Å²) in [5.41, 5.74) is 2.09. The molecule has 2 heterocycles. The summed E-state index contributed by atoms with van der Waals surface area (Å²) in [5, 5.41) is 7.61. The van der Waals surface area contributed by atoms with E-state index in [9.17, 15) is 0 Å². The first-order valence-corrected chi connectivity index (χ1v) is 7.86. The number of anilines is 1. The topological polar surface area (TPSA) is 55.6 Å². The molecule has 1 saturated carbocycles. The molecule has 0 aliphatic heterocycles. The summed E-state index contributed by atoms with van der Waals surface area (Å²) < 4.78 is 2.90. The van der Waals surface area contributed by atoms with Crippen LogP contribution >= 0.6 is 15.9 Å². The van der Waals surface area contributed by atoms with E-state index in [-0.39, 0.29) is 0 Å². The maximum atomic E-state index is 4.74. The van der Waals surface area contributed by atoms with Gasteiger partial charge in [-0.25, -0.2) is 9.97 Å². The maximum absolute atomic E-state index is 4.74. The van der Waals surface area contributed by atoms with Gasteiger partial charge in [0.1, 0.15) is 5.82 Å². The number of nitrogens with one attached hydrogen (secondary N) is 1. The summed E-state index contributed by atoms with van der Waals surface area (Å²) in [4.78, 5) is 9.37. The lowest BCUT2D eigenvalue weighted by Gasteiger charge is -2.11. The summed E-state index contributed by atoms with van der Waals surface area (Å²) in [6.45, 7) is 5.83. The Kier molecular flexibility index (Phi) is 3.74. The van der Waals surface area contributed by atoms with E-state index in [1.165, 1.54) is 12.8 Å². The van der Waals surface area contributed by atoms with E-state index in [0.717, 1.165) is 40.5 Å². The van der Waals surface area contributed by atoms with Gasteiger partial charge in [0.05, 0.1) is 21.9 Å². The van der Waals surface area contributed by atoms with Crippen LogP contribution in [-0.4, -0.2) is 26.3 Å². The van der Waals surface area contributed by atoms with Gasteiger partial charge in [0, 0.05) is 25.2 Å². The van der Waals surface area contributed by atoms with E-state index >= 15 is 0 Å². The molecule has 0 radical (unpaired) electrons. The third-order valence-corrected chi connectivity index (χ3v) is 4.18. The highest BCUT2D eigenvalue weighted by Crippen LogP contribution is 2.44. The fourth-order valence-corrected chi connectivity index (χ4v) is 2.80. The summed E-state index contributed by atoms with van der Waals surface area (Å²) >= 11 is 3.64. The first-order valence-electron chi connectivity index (χ1n) is 7.07. The zero-order chi connectivity index (χ0) is 14.1. The van der Waals surface area contributed by atoms with Crippen LogP contribution in [0, 0.1) is 0 Å². The van der Waals surface area contributed by atoms with Crippen molar-refractivity contribution in [3.63, 3.8) is 0 Å². The molecule has 0 spiro atoms. The molecule has 0 saturated heterocycles. The van der Waals surface area contributed by atoms with Crippen LogP contribution in [0.2, 0.25) is 0 Å². The maximum Gasteiger partial charge on any atom is 0.165 e. The summed E-state index contributed by atoms with van der Waals surface area (Å²) in [6.07, 6.45) is 6.26. The van der Waals surface area contributed by atoms with Crippen molar-refractivity contribution in [2.45, 2.75) is 39.2 Å². The molecule has 1 N–H and O–H groups in total. The van der Waals surface area contributed by atoms with Crippen LogP contribution < -0.4 is 5.32 Å². The van der Waals surface area contributed by atoms with Crippen molar-refractivity contribution in [3.05, 3.63) is 22.6 Å². The van der Waals surface area contributed by atoms with Crippen LogP contribution in [-0.2, 0) is 6.54 Å². The zero-order valence-corrected chi connectivity index (χ0v) is 13.3. The van der Waals surface area contributed by atoms with Gasteiger partial charge in [0.2, 0.25) is 0 Å². The smallest absolute Gasteiger partial charge is 0.165 e. The van der Waals surface area contributed by atoms with E-state index in [1.807, 2.05) is 17.1 Å². The van der Waals surface area contributed by atoms with Gasteiger partial charge < -0.3 is 5.32 Å². The van der Waals surface area contributed by atoms with Crippen molar-refractivity contribution >= 4 is 21.7 Å². The molecule has 1 aliphatic carbocycles. The van der Waals surface area contributed by atoms with Crippen molar-refractivity contribution in [1.29, 1.82) is 0 Å². The highest BCUT2D eigenvalue weighted by Gasteiger charge is 2.29. The van der Waals surface area contributed by atoms with Gasteiger partial charge in [-0.1, -0.05) is 0 Å². The first-order chi connectivity index (χ1) is 9.72. The third-order valence-electron chi connectivity index (χ3n) is 3.40. The molecule has 2 aromatic heterocycles. The molecule has 0 unspecified atom stereocenters. The molecule has 6 heteroatoms. The molecule has 0 amide bonds. The molecule has 20 heavy (non-hydrogen) atoms. The molecule has 3 rings (SSSR count). The Morgan fingerprint density at radius 2 is 2.15 bits per heavy atom. The molecular formula is C14H18BrN5. The van der Waals surface area contributed by atoms with Crippen LogP contribution in [0.5, 0.6) is 0 Å². The Morgan fingerprint density at radius 1 is 1.35 bits per heavy atom. The Balaban J connectivity index is 2.05. The van der Waals surface area contributed by atoms with Crippen LogP contribution in [0.15, 0.2) is 16.9 Å². The normalized spacial score (nSPS) is 14.6. The minimum atomic E-state index is 0.574. The van der Waals surface area contributed by atoms with Gasteiger partial charge >= 0.3 is 0 Å². The Bertz CT molecular complexity index is 618. The number of nitrogens with zero attached hydrogens (tertiary/aromatic N) is 4. The highest BCUT2D eigenvalue weighted by atomic mass is 79.9. The lowest BCUT2D eigenvalue weighted by Crippen LogP contribution is -2.05. The number of aromatic nitrogens is 4. The van der Waals surface area contributed by atoms with Gasteiger partial charge in [-0.15, -0.1) is 0 Å².